The number of anilines is 1. The molecule has 2 aliphatic rings. The van der Waals surface area contributed by atoms with E-state index in [9.17, 15) is 19.8 Å². The lowest BCUT2D eigenvalue weighted by Crippen LogP contribution is -2.41. The van der Waals surface area contributed by atoms with E-state index in [1.54, 1.807) is 11.5 Å². The van der Waals surface area contributed by atoms with E-state index in [2.05, 4.69) is 55.4 Å². The van der Waals surface area contributed by atoms with E-state index in [0.29, 0.717) is 42.4 Å². The summed E-state index contributed by atoms with van der Waals surface area (Å²) in [4.78, 5) is 41.5. The minimum absolute atomic E-state index is 0.0121. The smallest absolute Gasteiger partial charge is 0.315 e. The van der Waals surface area contributed by atoms with Crippen LogP contribution in [0.2, 0.25) is 0 Å². The Hall–Kier alpha value is -4.63. The number of carbonyl (C=O) groups excluding carboxylic acids is 2. The van der Waals surface area contributed by atoms with E-state index < -0.39 is 24.5 Å². The predicted molar refractivity (Wildman–Crippen MR) is 188 cm³/mol. The van der Waals surface area contributed by atoms with Crippen molar-refractivity contribution in [1.29, 1.82) is 0 Å². The highest BCUT2D eigenvalue weighted by atomic mass is 16.6. The van der Waals surface area contributed by atoms with Crippen LogP contribution < -0.4 is 21.3 Å². The molecule has 0 unspecified atom stereocenters. The maximum atomic E-state index is 12.8. The third-order valence-electron chi connectivity index (χ3n) is 9.29. The summed E-state index contributed by atoms with van der Waals surface area (Å²) < 4.78 is 7.58. The third-order valence-corrected chi connectivity index (χ3v) is 9.29. The predicted octanol–water partition coefficient (Wildman–Crippen LogP) is 2.50. The number of imidazole rings is 1. The van der Waals surface area contributed by atoms with Gasteiger partial charge in [0.2, 0.25) is 5.91 Å². The second-order valence-electron chi connectivity index (χ2n) is 12.8. The van der Waals surface area contributed by atoms with E-state index in [1.165, 1.54) is 25.6 Å². The molecule has 4 aromatic rings. The van der Waals surface area contributed by atoms with Crippen molar-refractivity contribution in [2.45, 2.75) is 69.6 Å². The number of ether oxygens (including phenoxy) is 1. The van der Waals surface area contributed by atoms with Gasteiger partial charge in [0.1, 0.15) is 12.2 Å². The molecule has 2 saturated heterocycles. The van der Waals surface area contributed by atoms with E-state index in [1.807, 2.05) is 36.4 Å². The van der Waals surface area contributed by atoms with Gasteiger partial charge in [-0.05, 0) is 44.0 Å². The summed E-state index contributed by atoms with van der Waals surface area (Å²) in [5.41, 5.74) is 3.02. The van der Waals surface area contributed by atoms with Crippen molar-refractivity contribution < 1.29 is 24.5 Å². The summed E-state index contributed by atoms with van der Waals surface area (Å²) in [5, 5.41) is 33.8. The van der Waals surface area contributed by atoms with E-state index in [-0.39, 0.29) is 30.8 Å². The number of amides is 3. The molecule has 50 heavy (non-hydrogen) atoms. The van der Waals surface area contributed by atoms with Crippen LogP contribution in [0.1, 0.15) is 61.7 Å². The number of likely N-dealkylation sites (tertiary alicyclic amines) is 1. The number of fused-ring (bicyclic) bond motifs is 1. The number of hydrogen-bond acceptors (Lipinski definition) is 10. The van der Waals surface area contributed by atoms with Gasteiger partial charge in [-0.1, -0.05) is 67.1 Å². The molecule has 2 fully saturated rings. The fraction of sp³-hybridized carbons (Fsp3) is 0.472. The summed E-state index contributed by atoms with van der Waals surface area (Å²) in [6.45, 7) is 6.19. The first-order valence-electron chi connectivity index (χ1n) is 17.5. The fourth-order valence-electron chi connectivity index (χ4n) is 6.66. The lowest BCUT2D eigenvalue weighted by atomic mass is 9.91. The van der Waals surface area contributed by atoms with Gasteiger partial charge in [-0.2, -0.15) is 0 Å². The number of aliphatic hydroxyl groups is 2. The molecule has 6 N–H and O–H groups in total. The number of urea groups is 1. The van der Waals surface area contributed by atoms with Crippen LogP contribution in [-0.2, 0) is 16.1 Å². The molecule has 266 valence electrons. The van der Waals surface area contributed by atoms with Gasteiger partial charge in [0.05, 0.1) is 25.4 Å². The Balaban J connectivity index is 1.24. The first-order chi connectivity index (χ1) is 24.4. The zero-order valence-corrected chi connectivity index (χ0v) is 28.4. The maximum absolute atomic E-state index is 12.8. The van der Waals surface area contributed by atoms with Crippen LogP contribution in [0.3, 0.4) is 0 Å². The Bertz CT molecular complexity index is 1660. The number of aliphatic hydroxyl groups excluding tert-OH is 2. The second kappa shape index (κ2) is 16.9. The molecule has 2 aromatic heterocycles. The van der Waals surface area contributed by atoms with Gasteiger partial charge in [-0.3, -0.25) is 9.36 Å². The molecule has 4 atom stereocenters. The first kappa shape index (κ1) is 35.2. The van der Waals surface area contributed by atoms with Crippen molar-refractivity contribution >= 4 is 28.9 Å². The van der Waals surface area contributed by atoms with Crippen LogP contribution in [0, 0.1) is 0 Å². The largest absolute Gasteiger partial charge is 0.388 e. The van der Waals surface area contributed by atoms with Crippen molar-refractivity contribution in [3.05, 3.63) is 83.9 Å². The normalized spacial score (nSPS) is 21.0. The monoisotopic (exact) mass is 685 g/mol. The lowest BCUT2D eigenvalue weighted by molar-refractivity contribution is -0.125. The van der Waals surface area contributed by atoms with Crippen molar-refractivity contribution in [1.82, 2.24) is 40.4 Å². The molecule has 0 saturated carbocycles. The second-order valence-corrected chi connectivity index (χ2v) is 12.8. The maximum Gasteiger partial charge on any atom is 0.315 e. The Kier molecular flexibility index (Phi) is 11.9. The molecule has 3 amide bonds. The minimum atomic E-state index is -1.34. The van der Waals surface area contributed by atoms with Crippen molar-refractivity contribution in [2.24, 2.45) is 0 Å². The van der Waals surface area contributed by atoms with Crippen LogP contribution in [0.4, 0.5) is 10.6 Å². The minimum Gasteiger partial charge on any atom is -0.388 e. The summed E-state index contributed by atoms with van der Waals surface area (Å²) >= 11 is 0. The van der Waals surface area contributed by atoms with Gasteiger partial charge in [-0.15, -0.1) is 0 Å². The highest BCUT2D eigenvalue weighted by Gasteiger charge is 2.45. The van der Waals surface area contributed by atoms with Gasteiger partial charge in [0, 0.05) is 32.1 Å². The SMILES string of the molecule is CCNC(=O)C[C@@H]1O[C@@H](n2cnc3c(NCC(c4ccccc4)c4ccccc4)nc(CNC(=O)NCCN4CCCCC4)nc32)[C@H](O)[C@@H]1O. The highest BCUT2D eigenvalue weighted by Crippen LogP contribution is 2.34. The van der Waals surface area contributed by atoms with Gasteiger partial charge >= 0.3 is 6.03 Å². The highest BCUT2D eigenvalue weighted by molar-refractivity contribution is 5.83. The van der Waals surface area contributed by atoms with Crippen LogP contribution in [0.15, 0.2) is 67.0 Å². The zero-order chi connectivity index (χ0) is 34.9. The summed E-state index contributed by atoms with van der Waals surface area (Å²) in [6.07, 6.45) is 0.378. The summed E-state index contributed by atoms with van der Waals surface area (Å²) in [7, 11) is 0. The van der Waals surface area contributed by atoms with Crippen LogP contribution in [0.25, 0.3) is 11.2 Å². The Morgan fingerprint density at radius 2 is 1.62 bits per heavy atom. The molecular formula is C36H47N9O5. The average molecular weight is 686 g/mol. The first-order valence-corrected chi connectivity index (χ1v) is 17.5. The van der Waals surface area contributed by atoms with Gasteiger partial charge in [-0.25, -0.2) is 19.7 Å². The molecule has 14 nitrogen and oxygen atoms in total. The van der Waals surface area contributed by atoms with Crippen LogP contribution >= 0.6 is 0 Å². The number of rotatable bonds is 14. The molecule has 0 radical (unpaired) electrons. The average Bonchev–Trinajstić information content (AvgIpc) is 3.68. The third kappa shape index (κ3) is 8.56. The Morgan fingerprint density at radius 3 is 2.30 bits per heavy atom. The number of piperidine rings is 1. The number of nitrogens with zero attached hydrogens (tertiary/aromatic N) is 5. The molecule has 14 heteroatoms. The van der Waals surface area contributed by atoms with E-state index in [4.69, 9.17) is 14.7 Å². The number of hydrogen-bond donors (Lipinski definition) is 6. The van der Waals surface area contributed by atoms with Crippen LogP contribution in [-0.4, -0.2) is 104 Å². The number of aromatic nitrogens is 4. The molecule has 0 bridgehead atoms. The molecule has 4 heterocycles. The molecule has 2 aliphatic heterocycles. The molecule has 0 spiro atoms. The van der Waals surface area contributed by atoms with Crippen molar-refractivity contribution in [2.75, 3.05) is 44.6 Å². The summed E-state index contributed by atoms with van der Waals surface area (Å²) in [5.74, 6) is 0.459. The van der Waals surface area contributed by atoms with Gasteiger partial charge in [0.25, 0.3) is 0 Å². The number of nitrogens with one attached hydrogen (secondary N) is 4. The van der Waals surface area contributed by atoms with Crippen LogP contribution in [0.5, 0.6) is 0 Å². The van der Waals surface area contributed by atoms with Crippen molar-refractivity contribution in [3.8, 4) is 0 Å². The van der Waals surface area contributed by atoms with Gasteiger partial charge in [0.15, 0.2) is 29.0 Å². The molecule has 6 rings (SSSR count). The quantitative estimate of drug-likeness (QED) is 0.116. The Labute approximate surface area is 291 Å². The topological polar surface area (TPSA) is 179 Å². The molecular weight excluding hydrogens is 638 g/mol. The zero-order valence-electron chi connectivity index (χ0n) is 28.4. The Morgan fingerprint density at radius 1 is 0.920 bits per heavy atom. The lowest BCUT2D eigenvalue weighted by Gasteiger charge is -2.26. The van der Waals surface area contributed by atoms with Gasteiger partial charge < -0.3 is 41.1 Å². The number of benzene rings is 2. The summed E-state index contributed by atoms with van der Waals surface area (Å²) in [6, 6.07) is 20.0. The van der Waals surface area contributed by atoms with E-state index in [0.717, 1.165) is 30.8 Å². The fourth-order valence-corrected chi connectivity index (χ4v) is 6.66. The van der Waals surface area contributed by atoms with Crippen molar-refractivity contribution in [3.63, 3.8) is 0 Å². The molecule has 2 aromatic carbocycles. The van der Waals surface area contributed by atoms with E-state index >= 15 is 0 Å². The number of carbonyl (C=O) groups is 2. The standard InChI is InChI=1S/C36H47N9O5/c1-2-37-29(46)20-27-31(47)32(48)35(50-27)45-23-41-30-33(39-21-26(24-12-6-3-7-13-24)25-14-8-4-9-15-25)42-28(43-34(30)45)22-40-36(49)38-16-19-44-17-10-5-11-18-44/h3-4,6-9,12-15,23,26-27,31-32,35,47-48H,2,5,10-11,16-22H2,1H3,(H,37,46)(H2,38,40,49)(H,39,42,43)/t27-,31+,32+,35+/m0/s1. The molecule has 0 aliphatic carbocycles.